The minimum atomic E-state index is -0.740. The number of aromatic nitrogens is 3. The number of nitrogens with one attached hydrogen (secondary N) is 1. The molecule has 0 aromatic carbocycles. The molecular formula is C27H31N5O5. The van der Waals surface area contributed by atoms with Crippen LogP contribution in [-0.2, 0) is 33.3 Å². The number of rotatable bonds is 8. The SMILES string of the molecule is CCC1(CCO)OCCc2c(OCC3(C#N)COC3)cc(-c3cn(C)c4cnc(NC(C)=O)cc34)nc21. The normalized spacial score (nSPS) is 20.1. The van der Waals surface area contributed by atoms with Gasteiger partial charge >= 0.3 is 0 Å². The number of aliphatic hydroxyl groups is 1. The maximum Gasteiger partial charge on any atom is 0.222 e. The van der Waals surface area contributed by atoms with Crippen LogP contribution in [0.3, 0.4) is 0 Å². The van der Waals surface area contributed by atoms with Crippen molar-refractivity contribution in [3.05, 3.63) is 35.8 Å². The van der Waals surface area contributed by atoms with Gasteiger partial charge in [0, 0.05) is 62.2 Å². The van der Waals surface area contributed by atoms with Crippen molar-refractivity contribution < 1.29 is 24.1 Å². The molecule has 0 radical (unpaired) electrons. The van der Waals surface area contributed by atoms with Gasteiger partial charge in [-0.2, -0.15) is 5.26 Å². The molecule has 2 aliphatic rings. The lowest BCUT2D eigenvalue weighted by Crippen LogP contribution is -2.46. The first-order valence-electron chi connectivity index (χ1n) is 12.5. The second kappa shape index (κ2) is 9.74. The number of pyridine rings is 2. The van der Waals surface area contributed by atoms with Crippen LogP contribution in [-0.4, -0.2) is 58.6 Å². The highest BCUT2D eigenvalue weighted by Crippen LogP contribution is 2.44. The van der Waals surface area contributed by atoms with Crippen molar-refractivity contribution in [1.29, 1.82) is 5.26 Å². The van der Waals surface area contributed by atoms with E-state index in [4.69, 9.17) is 19.2 Å². The maximum atomic E-state index is 11.6. The average molecular weight is 506 g/mol. The third kappa shape index (κ3) is 4.44. The molecule has 0 aliphatic carbocycles. The number of anilines is 1. The van der Waals surface area contributed by atoms with Gasteiger partial charge in [0.2, 0.25) is 5.91 Å². The molecule has 1 unspecified atom stereocenters. The third-order valence-electron chi connectivity index (χ3n) is 7.29. The number of ether oxygens (including phenoxy) is 3. The second-order valence-corrected chi connectivity index (χ2v) is 9.85. The summed E-state index contributed by atoms with van der Waals surface area (Å²) in [5, 5.41) is 23.2. The van der Waals surface area contributed by atoms with Gasteiger partial charge in [-0.05, 0) is 12.5 Å². The van der Waals surface area contributed by atoms with Crippen molar-refractivity contribution in [3.8, 4) is 23.1 Å². The summed E-state index contributed by atoms with van der Waals surface area (Å²) < 4.78 is 19.9. The van der Waals surface area contributed by atoms with Crippen molar-refractivity contribution >= 4 is 22.6 Å². The lowest BCUT2D eigenvalue weighted by molar-refractivity contribution is -0.114. The van der Waals surface area contributed by atoms with Gasteiger partial charge in [0.15, 0.2) is 0 Å². The highest BCUT2D eigenvalue weighted by molar-refractivity contribution is 5.98. The Morgan fingerprint density at radius 3 is 2.84 bits per heavy atom. The maximum absolute atomic E-state index is 11.6. The first-order chi connectivity index (χ1) is 17.8. The number of hydrogen-bond acceptors (Lipinski definition) is 8. The van der Waals surface area contributed by atoms with E-state index in [0.29, 0.717) is 56.3 Å². The smallest absolute Gasteiger partial charge is 0.222 e. The summed E-state index contributed by atoms with van der Waals surface area (Å²) in [4.78, 5) is 21.1. The molecule has 2 aliphatic heterocycles. The molecule has 0 spiro atoms. The van der Waals surface area contributed by atoms with Gasteiger partial charge in [-0.3, -0.25) is 4.79 Å². The van der Waals surface area contributed by atoms with Crippen molar-refractivity contribution in [3.63, 3.8) is 0 Å². The van der Waals surface area contributed by atoms with Crippen LogP contribution in [0.4, 0.5) is 5.82 Å². The number of hydrogen-bond donors (Lipinski definition) is 2. The van der Waals surface area contributed by atoms with Crippen molar-refractivity contribution in [1.82, 2.24) is 14.5 Å². The van der Waals surface area contributed by atoms with Gasteiger partial charge in [0.05, 0.1) is 49.0 Å². The molecule has 3 aromatic rings. The number of fused-ring (bicyclic) bond motifs is 2. The molecule has 5 heterocycles. The fourth-order valence-corrected chi connectivity index (χ4v) is 5.14. The van der Waals surface area contributed by atoms with E-state index in [0.717, 1.165) is 27.7 Å². The van der Waals surface area contributed by atoms with Crippen LogP contribution in [0, 0.1) is 16.7 Å². The van der Waals surface area contributed by atoms with E-state index < -0.39 is 11.0 Å². The predicted octanol–water partition coefficient (Wildman–Crippen LogP) is 3.07. The molecule has 1 fully saturated rings. The standard InChI is InChI=1S/C27H31N5O5/c1-4-27(6-7-33)25-18(5-8-37-27)23(36-16-26(13-28)14-35-15-26)10-21(31-25)20-12-32(3)22-11-29-24(9-19(20)22)30-17(2)34/h9-12,33H,4-8,14-16H2,1-3H3,(H,29,30,34). The molecule has 3 aromatic heterocycles. The Kier molecular flexibility index (Phi) is 6.62. The van der Waals surface area contributed by atoms with E-state index in [1.807, 2.05) is 36.9 Å². The fourth-order valence-electron chi connectivity index (χ4n) is 5.14. The second-order valence-electron chi connectivity index (χ2n) is 9.85. The van der Waals surface area contributed by atoms with Crippen LogP contribution in [0.25, 0.3) is 22.2 Å². The summed E-state index contributed by atoms with van der Waals surface area (Å²) in [5.41, 5.74) is 2.71. The van der Waals surface area contributed by atoms with Crippen LogP contribution >= 0.6 is 0 Å². The summed E-state index contributed by atoms with van der Waals surface area (Å²) in [5.74, 6) is 0.912. The molecular weight excluding hydrogens is 474 g/mol. The molecule has 10 heteroatoms. The molecule has 37 heavy (non-hydrogen) atoms. The molecule has 1 saturated heterocycles. The topological polar surface area (TPSA) is 132 Å². The number of carbonyl (C=O) groups is 1. The molecule has 2 N–H and O–H groups in total. The number of aryl methyl sites for hydroxylation is 1. The van der Waals surface area contributed by atoms with E-state index >= 15 is 0 Å². The summed E-state index contributed by atoms with van der Waals surface area (Å²) in [6.07, 6.45) is 5.36. The number of aliphatic hydroxyl groups excluding tert-OH is 1. The van der Waals surface area contributed by atoms with E-state index in [9.17, 15) is 15.2 Å². The van der Waals surface area contributed by atoms with Crippen molar-refractivity contribution in [2.24, 2.45) is 12.5 Å². The van der Waals surface area contributed by atoms with E-state index in [2.05, 4.69) is 16.4 Å². The van der Waals surface area contributed by atoms with Crippen LogP contribution in [0.1, 0.15) is 37.9 Å². The number of amides is 1. The molecule has 0 bridgehead atoms. The lowest BCUT2D eigenvalue weighted by atomic mass is 9.85. The summed E-state index contributed by atoms with van der Waals surface area (Å²) in [7, 11) is 1.93. The van der Waals surface area contributed by atoms with Gasteiger partial charge in [0.1, 0.15) is 29.2 Å². The third-order valence-corrected chi connectivity index (χ3v) is 7.29. The zero-order valence-corrected chi connectivity index (χ0v) is 21.3. The molecule has 0 saturated carbocycles. The molecule has 10 nitrogen and oxygen atoms in total. The zero-order valence-electron chi connectivity index (χ0n) is 21.3. The van der Waals surface area contributed by atoms with Gasteiger partial charge in [-0.1, -0.05) is 6.92 Å². The Bertz CT molecular complexity index is 1390. The fraction of sp³-hybridized carbons (Fsp3) is 0.481. The van der Waals surface area contributed by atoms with Gasteiger partial charge in [0.25, 0.3) is 0 Å². The summed E-state index contributed by atoms with van der Waals surface area (Å²) >= 11 is 0. The Morgan fingerprint density at radius 1 is 1.38 bits per heavy atom. The highest BCUT2D eigenvalue weighted by Gasteiger charge is 2.42. The number of nitrogens with zero attached hydrogens (tertiary/aromatic N) is 4. The highest BCUT2D eigenvalue weighted by atomic mass is 16.5. The zero-order chi connectivity index (χ0) is 26.2. The Labute approximate surface area is 215 Å². The quantitative estimate of drug-likeness (QED) is 0.478. The van der Waals surface area contributed by atoms with E-state index in [1.54, 1.807) is 6.20 Å². The van der Waals surface area contributed by atoms with Crippen LogP contribution < -0.4 is 10.1 Å². The van der Waals surface area contributed by atoms with Gasteiger partial charge in [-0.15, -0.1) is 0 Å². The predicted molar refractivity (Wildman–Crippen MR) is 136 cm³/mol. The van der Waals surface area contributed by atoms with E-state index in [-0.39, 0.29) is 19.1 Å². The summed E-state index contributed by atoms with van der Waals surface area (Å²) in [6, 6.07) is 6.09. The van der Waals surface area contributed by atoms with Crippen molar-refractivity contribution in [2.45, 2.75) is 38.7 Å². The minimum Gasteiger partial charge on any atom is -0.491 e. The number of nitriles is 1. The monoisotopic (exact) mass is 505 g/mol. The summed E-state index contributed by atoms with van der Waals surface area (Å²) in [6.45, 7) is 4.83. The Morgan fingerprint density at radius 2 is 2.19 bits per heavy atom. The van der Waals surface area contributed by atoms with Crippen molar-refractivity contribution in [2.75, 3.05) is 38.4 Å². The number of carbonyl (C=O) groups excluding carboxylic acids is 1. The largest absolute Gasteiger partial charge is 0.491 e. The van der Waals surface area contributed by atoms with Gasteiger partial charge in [-0.25, -0.2) is 9.97 Å². The van der Waals surface area contributed by atoms with Crippen LogP contribution in [0.15, 0.2) is 24.5 Å². The Hall–Kier alpha value is -3.52. The molecule has 194 valence electrons. The van der Waals surface area contributed by atoms with Crippen LogP contribution in [0.2, 0.25) is 0 Å². The van der Waals surface area contributed by atoms with E-state index in [1.165, 1.54) is 6.92 Å². The average Bonchev–Trinajstić information content (AvgIpc) is 3.19. The molecule has 5 rings (SSSR count). The lowest BCUT2D eigenvalue weighted by Gasteiger charge is -2.39. The first-order valence-corrected chi connectivity index (χ1v) is 12.5. The molecule has 1 atom stereocenters. The first kappa shape index (κ1) is 25.1. The Balaban J connectivity index is 1.67. The van der Waals surface area contributed by atoms with Gasteiger partial charge < -0.3 is 29.2 Å². The minimum absolute atomic E-state index is 0.0374. The van der Waals surface area contributed by atoms with Crippen LogP contribution in [0.5, 0.6) is 5.75 Å². The molecule has 1 amide bonds.